The van der Waals surface area contributed by atoms with Crippen molar-refractivity contribution in [3.8, 4) is 5.75 Å². The molecule has 0 aliphatic carbocycles. The molecule has 0 radical (unpaired) electrons. The summed E-state index contributed by atoms with van der Waals surface area (Å²) in [7, 11) is 2.99. The second-order valence-electron chi connectivity index (χ2n) is 5.65. The fourth-order valence-corrected chi connectivity index (χ4v) is 2.70. The molecule has 6 nitrogen and oxygen atoms in total. The lowest BCUT2D eigenvalue weighted by molar-refractivity contribution is 0.0599. The van der Waals surface area contributed by atoms with Crippen molar-refractivity contribution < 1.29 is 19.1 Å². The Kier molecular flexibility index (Phi) is 6.09. The van der Waals surface area contributed by atoms with E-state index in [2.05, 4.69) is 4.98 Å². The molecule has 0 bridgehead atoms. The predicted molar refractivity (Wildman–Crippen MR) is 95.5 cm³/mol. The number of carbonyl (C=O) groups excluding carboxylic acids is 2. The number of likely N-dealkylation sites (N-methyl/N-ethyl adjacent to an activating group) is 1. The maximum absolute atomic E-state index is 12.6. The molecule has 7 heteroatoms. The molecule has 134 valence electrons. The van der Waals surface area contributed by atoms with E-state index in [9.17, 15) is 9.59 Å². The van der Waals surface area contributed by atoms with Crippen molar-refractivity contribution in [1.82, 2.24) is 9.88 Å². The topological polar surface area (TPSA) is 71.6 Å². The van der Waals surface area contributed by atoms with Gasteiger partial charge in [0.2, 0.25) is 0 Å². The van der Waals surface area contributed by atoms with Crippen LogP contribution in [0.1, 0.15) is 32.1 Å². The van der Waals surface area contributed by atoms with Gasteiger partial charge in [0.1, 0.15) is 18.1 Å². The first kappa shape index (κ1) is 18.9. The quantitative estimate of drug-likeness (QED) is 0.799. The number of hydrogen-bond donors (Lipinski definition) is 1. The Labute approximate surface area is 151 Å². The largest absolute Gasteiger partial charge is 0.492 e. The van der Waals surface area contributed by atoms with Crippen molar-refractivity contribution >= 4 is 23.5 Å². The maximum Gasteiger partial charge on any atom is 0.339 e. The van der Waals surface area contributed by atoms with Gasteiger partial charge in [0.15, 0.2) is 0 Å². The van der Waals surface area contributed by atoms with E-state index >= 15 is 0 Å². The summed E-state index contributed by atoms with van der Waals surface area (Å²) in [4.78, 5) is 28.9. The summed E-state index contributed by atoms with van der Waals surface area (Å²) in [5, 5.41) is 0.592. The molecular weight excluding hydrogens is 344 g/mol. The highest BCUT2D eigenvalue weighted by Crippen LogP contribution is 2.20. The highest BCUT2D eigenvalue weighted by molar-refractivity contribution is 6.30. The molecule has 0 spiro atoms. The number of amides is 1. The fraction of sp³-hybridized carbons (Fsp3) is 0.333. The van der Waals surface area contributed by atoms with Crippen LogP contribution in [0.5, 0.6) is 5.75 Å². The zero-order valence-electron chi connectivity index (χ0n) is 14.7. The third kappa shape index (κ3) is 4.33. The van der Waals surface area contributed by atoms with Crippen molar-refractivity contribution in [2.75, 3.05) is 27.3 Å². The van der Waals surface area contributed by atoms with E-state index < -0.39 is 5.97 Å². The second kappa shape index (κ2) is 8.07. The predicted octanol–water partition coefficient (Wildman–Crippen LogP) is 3.22. The van der Waals surface area contributed by atoms with Crippen LogP contribution in [0.2, 0.25) is 5.02 Å². The van der Waals surface area contributed by atoms with E-state index in [1.807, 2.05) is 0 Å². The van der Waals surface area contributed by atoms with E-state index in [-0.39, 0.29) is 5.91 Å². The lowest BCUT2D eigenvalue weighted by Gasteiger charge is -2.17. The Hall–Kier alpha value is -2.47. The Bertz CT molecular complexity index is 785. The van der Waals surface area contributed by atoms with Crippen LogP contribution in [0.3, 0.4) is 0 Å². The first-order valence-corrected chi connectivity index (χ1v) is 8.14. The number of halogens is 1. The normalized spacial score (nSPS) is 10.4. The molecule has 0 atom stereocenters. The number of aryl methyl sites for hydroxylation is 1. The van der Waals surface area contributed by atoms with Crippen LogP contribution in [0.25, 0.3) is 0 Å². The number of methoxy groups -OCH3 is 1. The van der Waals surface area contributed by atoms with Gasteiger partial charge >= 0.3 is 5.97 Å². The highest BCUT2D eigenvalue weighted by atomic mass is 35.5. The van der Waals surface area contributed by atoms with Gasteiger partial charge in [0.05, 0.1) is 19.2 Å². The third-order valence-corrected chi connectivity index (χ3v) is 4.11. The molecule has 2 aromatic rings. The van der Waals surface area contributed by atoms with Crippen LogP contribution in [-0.4, -0.2) is 49.1 Å². The van der Waals surface area contributed by atoms with Gasteiger partial charge in [0.25, 0.3) is 5.91 Å². The molecule has 0 saturated carbocycles. The highest BCUT2D eigenvalue weighted by Gasteiger charge is 2.24. The minimum absolute atomic E-state index is 0.217. The van der Waals surface area contributed by atoms with Crippen molar-refractivity contribution in [3.05, 3.63) is 51.8 Å². The Morgan fingerprint density at radius 3 is 2.64 bits per heavy atom. The lowest BCUT2D eigenvalue weighted by atomic mass is 10.1. The zero-order valence-corrected chi connectivity index (χ0v) is 15.4. The number of H-pyrrole nitrogens is 1. The first-order chi connectivity index (χ1) is 11.8. The second-order valence-corrected chi connectivity index (χ2v) is 6.09. The van der Waals surface area contributed by atoms with E-state index in [0.29, 0.717) is 46.4 Å². The summed E-state index contributed by atoms with van der Waals surface area (Å²) >= 11 is 5.90. The Morgan fingerprint density at radius 1 is 1.28 bits per heavy atom. The third-order valence-electron chi connectivity index (χ3n) is 3.88. The number of aromatic amines is 1. The van der Waals surface area contributed by atoms with Crippen LogP contribution in [0.15, 0.2) is 24.3 Å². The molecule has 25 heavy (non-hydrogen) atoms. The number of ether oxygens (including phenoxy) is 2. The number of nitrogens with zero attached hydrogens (tertiary/aromatic N) is 1. The minimum Gasteiger partial charge on any atom is -0.492 e. The van der Waals surface area contributed by atoms with Crippen LogP contribution in [-0.2, 0) is 4.74 Å². The molecule has 1 amide bonds. The molecule has 0 aliphatic heterocycles. The smallest absolute Gasteiger partial charge is 0.339 e. The average molecular weight is 365 g/mol. The summed E-state index contributed by atoms with van der Waals surface area (Å²) in [6, 6.07) is 7.07. The summed E-state index contributed by atoms with van der Waals surface area (Å²) in [6.07, 6.45) is 0. The SMILES string of the molecule is COC(=O)c1c(C)[nH]c(C(=O)N(C)CCOc2cccc(Cl)c2)c1C. The number of nitrogens with one attached hydrogen (secondary N) is 1. The maximum atomic E-state index is 12.6. The molecule has 2 rings (SSSR count). The molecule has 1 N–H and O–H groups in total. The number of aromatic nitrogens is 1. The minimum atomic E-state index is -0.461. The average Bonchev–Trinajstić information content (AvgIpc) is 2.88. The summed E-state index contributed by atoms with van der Waals surface area (Å²) < 4.78 is 10.4. The van der Waals surface area contributed by atoms with Crippen LogP contribution in [0.4, 0.5) is 0 Å². The number of benzene rings is 1. The van der Waals surface area contributed by atoms with Gasteiger partial charge in [-0.3, -0.25) is 4.79 Å². The van der Waals surface area contributed by atoms with Crippen LogP contribution in [0, 0.1) is 13.8 Å². The summed E-state index contributed by atoms with van der Waals surface area (Å²) in [6.45, 7) is 4.17. The Morgan fingerprint density at radius 2 is 2.00 bits per heavy atom. The summed E-state index contributed by atoms with van der Waals surface area (Å²) in [5.74, 6) is -0.0316. The van der Waals surface area contributed by atoms with E-state index in [0.717, 1.165) is 0 Å². The monoisotopic (exact) mass is 364 g/mol. The standard InChI is InChI=1S/C18H21ClN2O4/c1-11-15(18(23)24-4)12(2)20-16(11)17(22)21(3)8-9-25-14-7-5-6-13(19)10-14/h5-7,10,20H,8-9H2,1-4H3. The molecule has 0 unspecified atom stereocenters. The van der Waals surface area contributed by atoms with Gasteiger partial charge in [-0.05, 0) is 37.6 Å². The molecule has 0 aliphatic rings. The number of esters is 1. The van der Waals surface area contributed by atoms with Gasteiger partial charge in [0, 0.05) is 17.8 Å². The van der Waals surface area contributed by atoms with Gasteiger partial charge in [-0.25, -0.2) is 4.79 Å². The molecule has 0 fully saturated rings. The van der Waals surface area contributed by atoms with Crippen molar-refractivity contribution in [2.45, 2.75) is 13.8 Å². The zero-order chi connectivity index (χ0) is 18.6. The Balaban J connectivity index is 2.01. The number of rotatable bonds is 6. The number of carbonyl (C=O) groups is 2. The molecular formula is C18H21ClN2O4. The number of hydrogen-bond acceptors (Lipinski definition) is 4. The van der Waals surface area contributed by atoms with E-state index in [1.54, 1.807) is 45.2 Å². The van der Waals surface area contributed by atoms with Crippen molar-refractivity contribution in [3.63, 3.8) is 0 Å². The molecule has 0 saturated heterocycles. The van der Waals surface area contributed by atoms with Gasteiger partial charge in [-0.15, -0.1) is 0 Å². The molecule has 1 aromatic carbocycles. The fourth-order valence-electron chi connectivity index (χ4n) is 2.52. The van der Waals surface area contributed by atoms with E-state index in [4.69, 9.17) is 21.1 Å². The lowest BCUT2D eigenvalue weighted by Crippen LogP contribution is -2.31. The molecule has 1 heterocycles. The van der Waals surface area contributed by atoms with Crippen LogP contribution >= 0.6 is 11.6 Å². The van der Waals surface area contributed by atoms with Gasteiger partial charge in [-0.2, -0.15) is 0 Å². The van der Waals surface area contributed by atoms with E-state index in [1.165, 1.54) is 12.0 Å². The molecule has 1 aromatic heterocycles. The van der Waals surface area contributed by atoms with Gasteiger partial charge in [-0.1, -0.05) is 17.7 Å². The van der Waals surface area contributed by atoms with Crippen molar-refractivity contribution in [1.29, 1.82) is 0 Å². The van der Waals surface area contributed by atoms with Crippen molar-refractivity contribution in [2.24, 2.45) is 0 Å². The van der Waals surface area contributed by atoms with Crippen LogP contribution < -0.4 is 4.74 Å². The first-order valence-electron chi connectivity index (χ1n) is 7.76. The summed E-state index contributed by atoms with van der Waals surface area (Å²) in [5.41, 5.74) is 1.96. The van der Waals surface area contributed by atoms with Gasteiger partial charge < -0.3 is 19.4 Å².